The molecule has 1 aromatic heterocycles. The third-order valence-electron chi connectivity index (χ3n) is 6.18. The second kappa shape index (κ2) is 11.8. The summed E-state index contributed by atoms with van der Waals surface area (Å²) < 4.78 is 12.2. The number of nitrogens with one attached hydrogen (secondary N) is 3. The molecule has 2 heterocycles. The molecule has 2 rings (SSSR count). The van der Waals surface area contributed by atoms with Crippen molar-refractivity contribution in [3.63, 3.8) is 0 Å². The molecule has 3 atom stereocenters. The number of aromatic nitrogens is 1. The number of hydrogen-bond acceptors (Lipinski definition) is 7. The minimum Gasteiger partial charge on any atom is -0.463 e. The fraction of sp³-hybridized carbons (Fsp3) is 0.731. The van der Waals surface area contributed by atoms with E-state index in [2.05, 4.69) is 76.7 Å². The zero-order valence-corrected chi connectivity index (χ0v) is 22.6. The number of nitrogens with zero attached hydrogens (tertiary/aromatic N) is 2. The van der Waals surface area contributed by atoms with Crippen molar-refractivity contribution in [1.29, 1.82) is 0 Å². The van der Waals surface area contributed by atoms with E-state index >= 15 is 0 Å². The van der Waals surface area contributed by atoms with Crippen LogP contribution in [0.2, 0.25) is 0 Å². The molecule has 35 heavy (non-hydrogen) atoms. The van der Waals surface area contributed by atoms with E-state index in [0.29, 0.717) is 24.3 Å². The zero-order chi connectivity index (χ0) is 26.4. The van der Waals surface area contributed by atoms with Gasteiger partial charge in [0.15, 0.2) is 6.61 Å². The third-order valence-corrected chi connectivity index (χ3v) is 6.18. The summed E-state index contributed by atoms with van der Waals surface area (Å²) in [5.74, 6) is 0.237. The summed E-state index contributed by atoms with van der Waals surface area (Å²) in [7, 11) is 0. The number of esters is 2. The van der Waals surface area contributed by atoms with Gasteiger partial charge in [0.2, 0.25) is 5.69 Å². The standard InChI is InChI=1S/C26H43N5O4/c1-17(12-25(3,4)5)10-11-19(18(2)13-26(6,7)8)15-34-21(32)16-35-24(33)22-20(27-9)14-31-23(22)28-29-30-31/h14,17-19,28-30H,10-13,15-16H2,1-8H3. The molecule has 1 aliphatic heterocycles. The molecular weight excluding hydrogens is 446 g/mol. The van der Waals surface area contributed by atoms with E-state index in [1.165, 1.54) is 10.9 Å². The minimum absolute atomic E-state index is 0.0646. The van der Waals surface area contributed by atoms with Crippen molar-refractivity contribution in [3.05, 3.63) is 23.2 Å². The van der Waals surface area contributed by atoms with Crippen molar-refractivity contribution >= 4 is 23.4 Å². The molecule has 0 radical (unpaired) electrons. The van der Waals surface area contributed by atoms with Gasteiger partial charge in [0, 0.05) is 6.20 Å². The fourth-order valence-electron chi connectivity index (χ4n) is 4.89. The molecule has 9 nitrogen and oxygen atoms in total. The molecule has 3 unspecified atom stereocenters. The van der Waals surface area contributed by atoms with Gasteiger partial charge in [-0.2, -0.15) is 0 Å². The maximum absolute atomic E-state index is 12.6. The van der Waals surface area contributed by atoms with Crippen LogP contribution in [-0.4, -0.2) is 29.8 Å². The van der Waals surface area contributed by atoms with Gasteiger partial charge in [0.25, 0.3) is 0 Å². The number of hydrazine groups is 2. The van der Waals surface area contributed by atoms with Crippen LogP contribution in [0.3, 0.4) is 0 Å². The molecule has 9 heteroatoms. The molecule has 3 N–H and O–H groups in total. The van der Waals surface area contributed by atoms with Crippen LogP contribution in [0.1, 0.15) is 91.4 Å². The first-order chi connectivity index (χ1) is 16.2. The predicted molar refractivity (Wildman–Crippen MR) is 137 cm³/mol. The first-order valence-corrected chi connectivity index (χ1v) is 12.4. The molecule has 0 bridgehead atoms. The van der Waals surface area contributed by atoms with E-state index in [9.17, 15) is 9.59 Å². The van der Waals surface area contributed by atoms with Crippen LogP contribution < -0.4 is 16.5 Å². The lowest BCUT2D eigenvalue weighted by molar-refractivity contribution is -0.149. The molecule has 0 aliphatic carbocycles. The highest BCUT2D eigenvalue weighted by Crippen LogP contribution is 2.34. The SMILES string of the molecule is [C-]#[N+]c1cn2c(c1C(=O)OCC(=O)OCC(CCC(C)CC(C)(C)C)C(C)CC(C)(C)C)NNN2. The molecular formula is C26H43N5O4. The Morgan fingerprint density at radius 3 is 2.31 bits per heavy atom. The quantitative estimate of drug-likeness (QED) is 0.272. The number of anilines is 1. The van der Waals surface area contributed by atoms with Crippen molar-refractivity contribution in [3.8, 4) is 0 Å². The lowest BCUT2D eigenvalue weighted by atomic mass is 9.76. The average Bonchev–Trinajstić information content (AvgIpc) is 3.29. The smallest absolute Gasteiger partial charge is 0.344 e. The first kappa shape index (κ1) is 28.5. The van der Waals surface area contributed by atoms with Crippen LogP contribution in [-0.2, 0) is 14.3 Å². The Hall–Kier alpha value is -2.73. The third kappa shape index (κ3) is 9.10. The Kier molecular flexibility index (Phi) is 9.61. The summed E-state index contributed by atoms with van der Waals surface area (Å²) in [6.45, 7) is 25.1. The normalized spacial score (nSPS) is 15.7. The lowest BCUT2D eigenvalue weighted by Crippen LogP contribution is -2.26. The van der Waals surface area contributed by atoms with Gasteiger partial charge in [0.05, 0.1) is 13.2 Å². The first-order valence-electron chi connectivity index (χ1n) is 12.4. The van der Waals surface area contributed by atoms with Crippen LogP contribution in [0.25, 0.3) is 4.85 Å². The second-order valence-corrected chi connectivity index (χ2v) is 12.3. The monoisotopic (exact) mass is 489 g/mol. The Morgan fingerprint density at radius 2 is 1.71 bits per heavy atom. The van der Waals surface area contributed by atoms with Crippen molar-refractivity contribution in [1.82, 2.24) is 10.2 Å². The maximum atomic E-state index is 12.6. The van der Waals surface area contributed by atoms with Crippen LogP contribution in [0.15, 0.2) is 6.20 Å². The molecule has 196 valence electrons. The molecule has 0 saturated heterocycles. The van der Waals surface area contributed by atoms with Crippen LogP contribution >= 0.6 is 0 Å². The predicted octanol–water partition coefficient (Wildman–Crippen LogP) is 5.67. The summed E-state index contributed by atoms with van der Waals surface area (Å²) in [5, 5.41) is 0. The van der Waals surface area contributed by atoms with Gasteiger partial charge in [-0.05, 0) is 47.8 Å². The summed E-state index contributed by atoms with van der Waals surface area (Å²) in [6, 6.07) is 0. The minimum atomic E-state index is -0.756. The molecule has 0 fully saturated rings. The van der Waals surface area contributed by atoms with Crippen molar-refractivity contribution in [2.75, 3.05) is 24.2 Å². The number of ether oxygens (including phenoxy) is 2. The number of carbonyl (C=O) groups excluding carboxylic acids is 2. The number of rotatable bonds is 11. The van der Waals surface area contributed by atoms with Gasteiger partial charge in [-0.3, -0.25) is 5.43 Å². The number of carbonyl (C=O) groups is 2. The molecule has 0 amide bonds. The topological polar surface area (TPSA) is 98.0 Å². The number of fused-ring (bicyclic) bond motifs is 1. The van der Waals surface area contributed by atoms with E-state index in [-0.39, 0.29) is 28.0 Å². The summed E-state index contributed by atoms with van der Waals surface area (Å²) >= 11 is 0. The van der Waals surface area contributed by atoms with E-state index in [1.54, 1.807) is 0 Å². The van der Waals surface area contributed by atoms with E-state index in [4.69, 9.17) is 16.0 Å². The van der Waals surface area contributed by atoms with Crippen molar-refractivity contribution < 1.29 is 19.1 Å². The highest BCUT2D eigenvalue weighted by atomic mass is 16.6. The summed E-state index contributed by atoms with van der Waals surface area (Å²) in [6.07, 6.45) is 5.72. The van der Waals surface area contributed by atoms with Gasteiger partial charge in [-0.15, -0.1) is 5.53 Å². The summed E-state index contributed by atoms with van der Waals surface area (Å²) in [4.78, 5) is 28.4. The van der Waals surface area contributed by atoms with E-state index in [1.807, 2.05) is 0 Å². The Balaban J connectivity index is 1.92. The molecule has 1 aromatic rings. The maximum Gasteiger partial charge on any atom is 0.344 e. The van der Waals surface area contributed by atoms with Gasteiger partial charge in [-0.25, -0.2) is 24.6 Å². The van der Waals surface area contributed by atoms with Gasteiger partial charge < -0.3 is 9.47 Å². The van der Waals surface area contributed by atoms with Crippen molar-refractivity contribution in [2.24, 2.45) is 28.6 Å². The average molecular weight is 490 g/mol. The van der Waals surface area contributed by atoms with E-state index < -0.39 is 18.5 Å². The van der Waals surface area contributed by atoms with E-state index in [0.717, 1.165) is 25.7 Å². The Morgan fingerprint density at radius 1 is 1.06 bits per heavy atom. The molecule has 0 aromatic carbocycles. The Bertz CT molecular complexity index is 920. The molecule has 0 saturated carbocycles. The van der Waals surface area contributed by atoms with Crippen LogP contribution in [0.5, 0.6) is 0 Å². The fourth-order valence-corrected chi connectivity index (χ4v) is 4.89. The van der Waals surface area contributed by atoms with Gasteiger partial charge >= 0.3 is 11.9 Å². The highest BCUT2D eigenvalue weighted by Gasteiger charge is 2.28. The Labute approximate surface area is 210 Å². The van der Waals surface area contributed by atoms with Crippen LogP contribution in [0.4, 0.5) is 11.5 Å². The zero-order valence-electron chi connectivity index (χ0n) is 22.6. The molecule has 1 aliphatic rings. The number of hydrogen-bond donors (Lipinski definition) is 3. The van der Waals surface area contributed by atoms with Crippen molar-refractivity contribution in [2.45, 2.75) is 81.1 Å². The largest absolute Gasteiger partial charge is 0.463 e. The summed E-state index contributed by atoms with van der Waals surface area (Å²) in [5.41, 5.74) is 8.76. The highest BCUT2D eigenvalue weighted by molar-refractivity contribution is 6.02. The second-order valence-electron chi connectivity index (χ2n) is 12.3. The molecule has 0 spiro atoms. The lowest BCUT2D eigenvalue weighted by Gasteiger charge is -2.31. The van der Waals surface area contributed by atoms with Crippen LogP contribution in [0, 0.1) is 35.2 Å². The van der Waals surface area contributed by atoms with Gasteiger partial charge in [-0.1, -0.05) is 61.8 Å². The van der Waals surface area contributed by atoms with Gasteiger partial charge in [0.1, 0.15) is 11.4 Å².